The maximum absolute atomic E-state index is 12.2. The van der Waals surface area contributed by atoms with E-state index in [0.717, 1.165) is 22.6 Å². The van der Waals surface area contributed by atoms with Crippen molar-refractivity contribution in [1.82, 2.24) is 9.99 Å². The molecular formula is C23H24N4O4. The number of hydrogen-bond acceptors (Lipinski definition) is 5. The Morgan fingerprint density at radius 1 is 0.968 bits per heavy atom. The fraction of sp³-hybridized carbons (Fsp3) is 0.174. The summed E-state index contributed by atoms with van der Waals surface area (Å²) in [4.78, 5) is 24.4. The lowest BCUT2D eigenvalue weighted by Crippen LogP contribution is -2.32. The number of para-hydroxylation sites is 1. The van der Waals surface area contributed by atoms with Crippen LogP contribution in [-0.4, -0.2) is 36.8 Å². The third-order valence-electron chi connectivity index (χ3n) is 4.72. The maximum atomic E-state index is 12.2. The normalized spacial score (nSPS) is 10.7. The molecular weight excluding hydrogens is 396 g/mol. The minimum Gasteiger partial charge on any atom is -0.497 e. The number of nitrogens with one attached hydrogen (secondary N) is 2. The molecule has 0 aliphatic heterocycles. The molecule has 160 valence electrons. The predicted molar refractivity (Wildman–Crippen MR) is 119 cm³/mol. The van der Waals surface area contributed by atoms with Crippen LogP contribution in [0.15, 0.2) is 59.7 Å². The van der Waals surface area contributed by atoms with Crippen molar-refractivity contribution in [3.63, 3.8) is 0 Å². The highest BCUT2D eigenvalue weighted by molar-refractivity contribution is 6.39. The van der Waals surface area contributed by atoms with Crippen molar-refractivity contribution < 1.29 is 19.1 Å². The van der Waals surface area contributed by atoms with Crippen LogP contribution in [0.5, 0.6) is 11.5 Å². The van der Waals surface area contributed by atoms with Gasteiger partial charge in [-0.2, -0.15) is 5.10 Å². The summed E-state index contributed by atoms with van der Waals surface area (Å²) >= 11 is 0. The van der Waals surface area contributed by atoms with Crippen molar-refractivity contribution in [1.29, 1.82) is 0 Å². The standard InChI is InChI=1S/C23H24N4O4/c1-15-12-17(16(2)27(15)18-8-6-5-7-9-18)14-24-26-23(29)22(28)25-20-13-19(30-3)10-11-21(20)31-4/h5-14H,1-4H3,(H,25,28)(H,26,29)/b24-14-. The first-order chi connectivity index (χ1) is 14.9. The fourth-order valence-corrected chi connectivity index (χ4v) is 3.19. The zero-order valence-electron chi connectivity index (χ0n) is 17.8. The zero-order chi connectivity index (χ0) is 22.4. The van der Waals surface area contributed by atoms with Crippen LogP contribution in [0.25, 0.3) is 5.69 Å². The van der Waals surface area contributed by atoms with E-state index in [9.17, 15) is 9.59 Å². The van der Waals surface area contributed by atoms with Gasteiger partial charge in [0.15, 0.2) is 0 Å². The molecule has 0 aliphatic rings. The number of hydrazone groups is 1. The Hall–Kier alpha value is -4.07. The van der Waals surface area contributed by atoms with E-state index in [0.29, 0.717) is 17.2 Å². The zero-order valence-corrected chi connectivity index (χ0v) is 17.8. The number of anilines is 1. The molecule has 3 rings (SSSR count). The van der Waals surface area contributed by atoms with E-state index in [2.05, 4.69) is 20.4 Å². The lowest BCUT2D eigenvalue weighted by molar-refractivity contribution is -0.136. The van der Waals surface area contributed by atoms with E-state index in [-0.39, 0.29) is 0 Å². The number of nitrogens with zero attached hydrogens (tertiary/aromatic N) is 2. The molecule has 0 spiro atoms. The number of hydrogen-bond donors (Lipinski definition) is 2. The van der Waals surface area contributed by atoms with Gasteiger partial charge in [-0.25, -0.2) is 5.43 Å². The van der Waals surface area contributed by atoms with Gasteiger partial charge in [0.1, 0.15) is 11.5 Å². The number of carbonyl (C=O) groups excluding carboxylic acids is 2. The van der Waals surface area contributed by atoms with Crippen LogP contribution in [0.3, 0.4) is 0 Å². The van der Waals surface area contributed by atoms with Gasteiger partial charge in [0.05, 0.1) is 26.1 Å². The van der Waals surface area contributed by atoms with Gasteiger partial charge in [-0.1, -0.05) is 18.2 Å². The summed E-state index contributed by atoms with van der Waals surface area (Å²) in [5.74, 6) is -0.862. The molecule has 0 saturated carbocycles. The van der Waals surface area contributed by atoms with Gasteiger partial charge in [0.2, 0.25) is 0 Å². The van der Waals surface area contributed by atoms with Gasteiger partial charge in [0, 0.05) is 28.7 Å². The fourth-order valence-electron chi connectivity index (χ4n) is 3.19. The molecule has 0 bridgehead atoms. The second-order valence-electron chi connectivity index (χ2n) is 6.72. The first-order valence-corrected chi connectivity index (χ1v) is 9.55. The van der Waals surface area contributed by atoms with E-state index >= 15 is 0 Å². The summed E-state index contributed by atoms with van der Waals surface area (Å²) in [6.45, 7) is 3.95. The first-order valence-electron chi connectivity index (χ1n) is 9.55. The average molecular weight is 420 g/mol. The highest BCUT2D eigenvalue weighted by atomic mass is 16.5. The molecule has 2 aromatic carbocycles. The van der Waals surface area contributed by atoms with Crippen LogP contribution in [0.1, 0.15) is 17.0 Å². The number of methoxy groups -OCH3 is 2. The summed E-state index contributed by atoms with van der Waals surface area (Å²) in [6, 6.07) is 16.8. The van der Waals surface area contributed by atoms with Gasteiger partial charge < -0.3 is 19.4 Å². The Balaban J connectivity index is 1.68. The van der Waals surface area contributed by atoms with E-state index in [1.54, 1.807) is 18.2 Å². The minimum absolute atomic E-state index is 0.317. The Labute approximate surface area is 180 Å². The molecule has 0 unspecified atom stereocenters. The molecule has 1 heterocycles. The number of rotatable bonds is 6. The van der Waals surface area contributed by atoms with Crippen LogP contribution in [0.2, 0.25) is 0 Å². The SMILES string of the molecule is COc1ccc(OC)c(NC(=O)C(=O)N/N=C\c2cc(C)n(-c3ccccc3)c2C)c1. The monoisotopic (exact) mass is 420 g/mol. The average Bonchev–Trinajstić information content (AvgIpc) is 3.07. The molecule has 0 aliphatic carbocycles. The van der Waals surface area contributed by atoms with Gasteiger partial charge >= 0.3 is 11.8 Å². The molecule has 8 nitrogen and oxygen atoms in total. The molecule has 31 heavy (non-hydrogen) atoms. The van der Waals surface area contributed by atoms with Gasteiger partial charge in [-0.15, -0.1) is 0 Å². The van der Waals surface area contributed by atoms with Crippen molar-refractivity contribution in [2.24, 2.45) is 5.10 Å². The Morgan fingerprint density at radius 3 is 2.39 bits per heavy atom. The molecule has 8 heteroatoms. The smallest absolute Gasteiger partial charge is 0.329 e. The second kappa shape index (κ2) is 9.62. The molecule has 2 N–H and O–H groups in total. The molecule has 1 aromatic heterocycles. The Morgan fingerprint density at radius 2 is 1.71 bits per heavy atom. The number of aryl methyl sites for hydroxylation is 1. The lowest BCUT2D eigenvalue weighted by atomic mass is 10.2. The van der Waals surface area contributed by atoms with Gasteiger partial charge in [-0.05, 0) is 44.2 Å². The number of amides is 2. The van der Waals surface area contributed by atoms with Crippen molar-refractivity contribution in [3.05, 3.63) is 71.5 Å². The molecule has 0 fully saturated rings. The topological polar surface area (TPSA) is 93.9 Å². The maximum Gasteiger partial charge on any atom is 0.329 e. The Kier molecular flexibility index (Phi) is 6.71. The summed E-state index contributed by atoms with van der Waals surface area (Å²) in [7, 11) is 2.97. The summed E-state index contributed by atoms with van der Waals surface area (Å²) in [6.07, 6.45) is 1.51. The molecule has 0 radical (unpaired) electrons. The number of carbonyl (C=O) groups is 2. The first kappa shape index (κ1) is 21.6. The number of ether oxygens (including phenoxy) is 2. The molecule has 0 saturated heterocycles. The summed E-state index contributed by atoms with van der Waals surface area (Å²) in [5.41, 5.74) is 6.42. The third-order valence-corrected chi connectivity index (χ3v) is 4.72. The van der Waals surface area contributed by atoms with Gasteiger partial charge in [0.25, 0.3) is 0 Å². The van der Waals surface area contributed by atoms with Crippen LogP contribution in [0, 0.1) is 13.8 Å². The van der Waals surface area contributed by atoms with Crippen LogP contribution < -0.4 is 20.2 Å². The molecule has 2 amide bonds. The van der Waals surface area contributed by atoms with Crippen molar-refractivity contribution in [2.75, 3.05) is 19.5 Å². The van der Waals surface area contributed by atoms with Crippen LogP contribution in [-0.2, 0) is 9.59 Å². The second-order valence-corrected chi connectivity index (χ2v) is 6.72. The predicted octanol–water partition coefficient (Wildman–Crippen LogP) is 3.20. The third kappa shape index (κ3) is 4.92. The largest absolute Gasteiger partial charge is 0.497 e. The van der Waals surface area contributed by atoms with E-state index in [1.165, 1.54) is 20.4 Å². The highest BCUT2D eigenvalue weighted by Crippen LogP contribution is 2.28. The van der Waals surface area contributed by atoms with E-state index in [1.807, 2.05) is 50.2 Å². The summed E-state index contributed by atoms with van der Waals surface area (Å²) < 4.78 is 12.4. The van der Waals surface area contributed by atoms with Crippen molar-refractivity contribution in [3.8, 4) is 17.2 Å². The minimum atomic E-state index is -0.905. The summed E-state index contributed by atoms with van der Waals surface area (Å²) in [5, 5.41) is 6.43. The van der Waals surface area contributed by atoms with Gasteiger partial charge in [-0.3, -0.25) is 9.59 Å². The highest BCUT2D eigenvalue weighted by Gasteiger charge is 2.16. The number of aromatic nitrogens is 1. The molecule has 0 atom stereocenters. The van der Waals surface area contributed by atoms with Crippen molar-refractivity contribution in [2.45, 2.75) is 13.8 Å². The van der Waals surface area contributed by atoms with E-state index in [4.69, 9.17) is 9.47 Å². The Bertz CT molecular complexity index is 1120. The van der Waals surface area contributed by atoms with Crippen LogP contribution in [0.4, 0.5) is 5.69 Å². The lowest BCUT2D eigenvalue weighted by Gasteiger charge is -2.11. The molecule has 3 aromatic rings. The van der Waals surface area contributed by atoms with Crippen molar-refractivity contribution >= 4 is 23.7 Å². The van der Waals surface area contributed by atoms with E-state index < -0.39 is 11.8 Å². The quantitative estimate of drug-likeness (QED) is 0.364. The van der Waals surface area contributed by atoms with Crippen LogP contribution >= 0.6 is 0 Å². The number of benzene rings is 2.